The zero-order chi connectivity index (χ0) is 34.9. The molecule has 2 aromatic heterocycles. The second-order valence-corrected chi connectivity index (χ2v) is 12.9. The number of aromatic amines is 2. The number of rotatable bonds is 16. The Bertz CT molecular complexity index is 1920. The van der Waals surface area contributed by atoms with Crippen LogP contribution >= 0.6 is 11.8 Å². The number of fused-ring (bicyclic) bond motifs is 2. The number of carbonyl (C=O) groups excluding carboxylic acids is 3. The van der Waals surface area contributed by atoms with Crippen molar-refractivity contribution < 1.29 is 29.4 Å². The summed E-state index contributed by atoms with van der Waals surface area (Å²) in [5.41, 5.74) is 10.3. The average Bonchev–Trinajstić information content (AvgIpc) is 3.70. The summed E-state index contributed by atoms with van der Waals surface area (Å²) < 4.78 is 0. The van der Waals surface area contributed by atoms with Crippen molar-refractivity contribution in [2.75, 3.05) is 12.0 Å². The number of aliphatic carboxylic acids is 1. The van der Waals surface area contributed by atoms with E-state index in [9.17, 15) is 29.4 Å². The van der Waals surface area contributed by atoms with Gasteiger partial charge in [0.15, 0.2) is 0 Å². The number of aromatic nitrogens is 2. The number of nitrogens with one attached hydrogen (secondary N) is 5. The highest BCUT2D eigenvalue weighted by molar-refractivity contribution is 7.98. The number of amides is 3. The van der Waals surface area contributed by atoms with Crippen molar-refractivity contribution >= 4 is 57.3 Å². The Kier molecular flexibility index (Phi) is 11.6. The van der Waals surface area contributed by atoms with E-state index in [1.807, 2.05) is 61.0 Å². The Morgan fingerprint density at radius 3 is 1.84 bits per heavy atom. The first-order valence-corrected chi connectivity index (χ1v) is 17.3. The molecule has 2 heterocycles. The predicted molar refractivity (Wildman–Crippen MR) is 190 cm³/mol. The van der Waals surface area contributed by atoms with Gasteiger partial charge in [-0.25, -0.2) is 4.79 Å². The van der Waals surface area contributed by atoms with E-state index in [2.05, 4.69) is 25.9 Å². The summed E-state index contributed by atoms with van der Waals surface area (Å²) in [6.07, 6.45) is 5.92. The quantitative estimate of drug-likeness (QED) is 0.0775. The second kappa shape index (κ2) is 16.2. The Hall–Kier alpha value is -5.27. The first kappa shape index (κ1) is 35.0. The summed E-state index contributed by atoms with van der Waals surface area (Å²) in [6.45, 7) is 0. The molecule has 9 N–H and O–H groups in total. The molecule has 0 aliphatic heterocycles. The van der Waals surface area contributed by atoms with E-state index in [0.717, 1.165) is 27.4 Å². The predicted octanol–water partition coefficient (Wildman–Crippen LogP) is 3.00. The molecule has 0 aliphatic rings. The van der Waals surface area contributed by atoms with E-state index in [4.69, 9.17) is 5.73 Å². The lowest BCUT2D eigenvalue weighted by molar-refractivity contribution is -0.142. The molecule has 13 heteroatoms. The Balaban J connectivity index is 1.31. The number of H-pyrrole nitrogens is 2. The molecule has 0 spiro atoms. The third-order valence-corrected chi connectivity index (χ3v) is 9.06. The van der Waals surface area contributed by atoms with Crippen molar-refractivity contribution in [2.45, 2.75) is 49.9 Å². The van der Waals surface area contributed by atoms with Gasteiger partial charge >= 0.3 is 5.97 Å². The van der Waals surface area contributed by atoms with E-state index >= 15 is 0 Å². The van der Waals surface area contributed by atoms with Gasteiger partial charge in [-0.15, -0.1) is 0 Å². The number of hydrogen-bond donors (Lipinski definition) is 8. The molecule has 3 aromatic carbocycles. The number of thioether (sulfide) groups is 1. The number of nitrogens with two attached hydrogens (primary N) is 1. The van der Waals surface area contributed by atoms with Crippen molar-refractivity contribution in [2.24, 2.45) is 5.73 Å². The maximum atomic E-state index is 13.8. The van der Waals surface area contributed by atoms with Crippen LogP contribution in [0.5, 0.6) is 5.75 Å². The summed E-state index contributed by atoms with van der Waals surface area (Å²) in [7, 11) is 0. The van der Waals surface area contributed by atoms with Crippen LogP contribution in [0.2, 0.25) is 0 Å². The standard InChI is InChI=1S/C36H40N6O6S/c1-49-15-14-30(40-33(44)27(37)17-22-19-38-28-8-4-2-6-25(22)28)34(45)41-31(16-21-10-12-24(43)13-11-21)35(46)42-32(36(47)48)18-23-20-39-29-9-5-3-7-26(23)29/h2-13,19-20,27,30-32,38-39,43H,14-18,37H2,1H3,(H,40,44)(H,41,45)(H,42,46)(H,47,48). The lowest BCUT2D eigenvalue weighted by Gasteiger charge is -2.25. The maximum Gasteiger partial charge on any atom is 0.326 e. The second-order valence-electron chi connectivity index (χ2n) is 11.9. The minimum atomic E-state index is -1.29. The molecule has 0 bridgehead atoms. The summed E-state index contributed by atoms with van der Waals surface area (Å²) in [5, 5.41) is 29.8. The number of benzene rings is 3. The SMILES string of the molecule is CSCCC(NC(=O)C(N)Cc1c[nH]c2ccccc12)C(=O)NC(Cc1ccc(O)cc1)C(=O)NC(Cc1c[nH]c2ccccc12)C(=O)O. The molecule has 5 aromatic rings. The zero-order valence-electron chi connectivity index (χ0n) is 26.9. The molecule has 3 amide bonds. The fraction of sp³-hybridized carbons (Fsp3) is 0.278. The van der Waals surface area contributed by atoms with Crippen molar-refractivity contribution in [3.05, 3.63) is 102 Å². The molecular weight excluding hydrogens is 644 g/mol. The van der Waals surface area contributed by atoms with Crippen LogP contribution in [0, 0.1) is 0 Å². The first-order valence-electron chi connectivity index (χ1n) is 15.9. The minimum absolute atomic E-state index is 0.000545. The van der Waals surface area contributed by atoms with E-state index in [1.165, 1.54) is 23.9 Å². The van der Waals surface area contributed by atoms with Crippen molar-refractivity contribution in [3.63, 3.8) is 0 Å². The smallest absolute Gasteiger partial charge is 0.326 e. The van der Waals surface area contributed by atoms with Crippen LogP contribution in [-0.2, 0) is 38.4 Å². The summed E-state index contributed by atoms with van der Waals surface area (Å²) in [6, 6.07) is 16.8. The van der Waals surface area contributed by atoms with Crippen LogP contribution in [-0.4, -0.2) is 80.0 Å². The van der Waals surface area contributed by atoms with Gasteiger partial charge in [-0.3, -0.25) is 14.4 Å². The van der Waals surface area contributed by atoms with Gasteiger partial charge in [0, 0.05) is 47.0 Å². The molecule has 5 rings (SSSR count). The minimum Gasteiger partial charge on any atom is -0.508 e. The van der Waals surface area contributed by atoms with E-state index in [0.29, 0.717) is 16.9 Å². The van der Waals surface area contributed by atoms with Crippen molar-refractivity contribution in [1.29, 1.82) is 0 Å². The van der Waals surface area contributed by atoms with Gasteiger partial charge in [0.25, 0.3) is 0 Å². The van der Waals surface area contributed by atoms with Gasteiger partial charge in [-0.2, -0.15) is 11.8 Å². The maximum absolute atomic E-state index is 13.8. The number of phenolic OH excluding ortho intramolecular Hbond substituents is 1. The van der Waals surface area contributed by atoms with Crippen LogP contribution in [0.3, 0.4) is 0 Å². The molecule has 256 valence electrons. The van der Waals surface area contributed by atoms with Crippen LogP contribution in [0.25, 0.3) is 21.8 Å². The van der Waals surface area contributed by atoms with E-state index in [1.54, 1.807) is 18.3 Å². The molecule has 12 nitrogen and oxygen atoms in total. The van der Waals surface area contributed by atoms with E-state index in [-0.39, 0.29) is 31.4 Å². The summed E-state index contributed by atoms with van der Waals surface area (Å²) in [4.78, 5) is 59.4. The molecule has 0 aliphatic carbocycles. The highest BCUT2D eigenvalue weighted by Crippen LogP contribution is 2.21. The molecule has 4 atom stereocenters. The largest absolute Gasteiger partial charge is 0.508 e. The van der Waals surface area contributed by atoms with E-state index < -0.39 is 47.9 Å². The number of aromatic hydroxyl groups is 1. The fourth-order valence-corrected chi connectivity index (χ4v) is 6.23. The number of hydrogen-bond acceptors (Lipinski definition) is 7. The molecule has 0 fully saturated rings. The number of phenols is 1. The number of carbonyl (C=O) groups is 4. The summed E-state index contributed by atoms with van der Waals surface area (Å²) >= 11 is 1.49. The number of carboxylic acid groups (broad SMARTS) is 1. The van der Waals surface area contributed by atoms with Gasteiger partial charge in [0.2, 0.25) is 17.7 Å². The van der Waals surface area contributed by atoms with Gasteiger partial charge in [0.1, 0.15) is 23.9 Å². The van der Waals surface area contributed by atoms with Crippen LogP contribution < -0.4 is 21.7 Å². The van der Waals surface area contributed by atoms with Gasteiger partial charge in [-0.1, -0.05) is 48.5 Å². The highest BCUT2D eigenvalue weighted by atomic mass is 32.2. The van der Waals surface area contributed by atoms with Crippen LogP contribution in [0.1, 0.15) is 23.1 Å². The average molecular weight is 685 g/mol. The molecule has 4 unspecified atom stereocenters. The molecule has 0 saturated heterocycles. The Morgan fingerprint density at radius 2 is 1.24 bits per heavy atom. The Labute approximate surface area is 287 Å². The van der Waals surface area contributed by atoms with Gasteiger partial charge in [-0.05, 0) is 65.8 Å². The molecule has 0 radical (unpaired) electrons. The van der Waals surface area contributed by atoms with Crippen LogP contribution in [0.4, 0.5) is 0 Å². The number of para-hydroxylation sites is 2. The van der Waals surface area contributed by atoms with Gasteiger partial charge in [0.05, 0.1) is 6.04 Å². The van der Waals surface area contributed by atoms with Crippen molar-refractivity contribution in [1.82, 2.24) is 25.9 Å². The lowest BCUT2D eigenvalue weighted by atomic mass is 10.0. The monoisotopic (exact) mass is 684 g/mol. The summed E-state index contributed by atoms with van der Waals surface area (Å²) in [5.74, 6) is -2.50. The molecule has 49 heavy (non-hydrogen) atoms. The third kappa shape index (κ3) is 9.00. The van der Waals surface area contributed by atoms with Crippen LogP contribution in [0.15, 0.2) is 85.2 Å². The number of carboxylic acids is 1. The molecule has 0 saturated carbocycles. The topological polar surface area (TPSA) is 202 Å². The first-order chi connectivity index (χ1) is 23.6. The fourth-order valence-electron chi connectivity index (χ4n) is 5.76. The molecular formula is C36H40N6O6S. The van der Waals surface area contributed by atoms with Gasteiger partial charge < -0.3 is 41.9 Å². The zero-order valence-corrected chi connectivity index (χ0v) is 27.8. The normalized spacial score (nSPS) is 13.8. The highest BCUT2D eigenvalue weighted by Gasteiger charge is 2.31. The lowest BCUT2D eigenvalue weighted by Crippen LogP contribution is -2.58. The third-order valence-electron chi connectivity index (χ3n) is 8.42. The Morgan fingerprint density at radius 1 is 0.714 bits per heavy atom. The van der Waals surface area contributed by atoms with Crippen molar-refractivity contribution in [3.8, 4) is 5.75 Å².